The van der Waals surface area contributed by atoms with Crippen LogP contribution < -0.4 is 10.1 Å². The van der Waals surface area contributed by atoms with E-state index in [0.717, 1.165) is 55.9 Å². The molecule has 2 aromatic carbocycles. The molecule has 5 nitrogen and oxygen atoms in total. The smallest absolute Gasteiger partial charge is 0.251 e. The van der Waals surface area contributed by atoms with Crippen LogP contribution in [0.3, 0.4) is 0 Å². The van der Waals surface area contributed by atoms with Crippen molar-refractivity contribution in [2.24, 2.45) is 0 Å². The van der Waals surface area contributed by atoms with E-state index in [9.17, 15) is 9.18 Å². The summed E-state index contributed by atoms with van der Waals surface area (Å²) in [5.41, 5.74) is 2.56. The molecule has 33 heavy (non-hydrogen) atoms. The van der Waals surface area contributed by atoms with Crippen molar-refractivity contribution in [3.63, 3.8) is 0 Å². The van der Waals surface area contributed by atoms with Gasteiger partial charge < -0.3 is 10.1 Å². The molecule has 172 valence electrons. The molecule has 3 aromatic rings. The highest BCUT2D eigenvalue weighted by molar-refractivity contribution is 5.94. The molecule has 1 aliphatic heterocycles. The second kappa shape index (κ2) is 11.1. The SMILES string of the molecule is CCC(NC(=O)c1ccc(OC2CCN(Cc3ccccn3)CC2)cc1)c1ccc(F)cc1. The summed E-state index contributed by atoms with van der Waals surface area (Å²) in [4.78, 5) is 19.5. The van der Waals surface area contributed by atoms with E-state index in [-0.39, 0.29) is 23.9 Å². The highest BCUT2D eigenvalue weighted by Crippen LogP contribution is 2.22. The lowest BCUT2D eigenvalue weighted by atomic mass is 10.0. The second-order valence-electron chi connectivity index (χ2n) is 8.42. The lowest BCUT2D eigenvalue weighted by Gasteiger charge is -2.31. The summed E-state index contributed by atoms with van der Waals surface area (Å²) in [6.45, 7) is 4.81. The lowest BCUT2D eigenvalue weighted by Crippen LogP contribution is -2.37. The van der Waals surface area contributed by atoms with Crippen LogP contribution in [0.5, 0.6) is 5.75 Å². The predicted molar refractivity (Wildman–Crippen MR) is 127 cm³/mol. The standard InChI is InChI=1S/C27H30FN3O2/c1-2-26(20-6-10-22(28)11-7-20)30-27(32)21-8-12-24(13-9-21)33-25-14-17-31(18-15-25)19-23-5-3-4-16-29-23/h3-13,16,25-26H,2,14-15,17-19H2,1H3,(H,30,32). The number of hydrogen-bond acceptors (Lipinski definition) is 4. The Kier molecular flexibility index (Phi) is 7.68. The fourth-order valence-electron chi connectivity index (χ4n) is 4.14. The first-order valence-corrected chi connectivity index (χ1v) is 11.6. The van der Waals surface area contributed by atoms with E-state index in [0.29, 0.717) is 5.56 Å². The number of nitrogens with zero attached hydrogens (tertiary/aromatic N) is 2. The molecule has 1 atom stereocenters. The van der Waals surface area contributed by atoms with Gasteiger partial charge in [0.25, 0.3) is 5.91 Å². The first kappa shape index (κ1) is 22.9. The number of carbonyl (C=O) groups excluding carboxylic acids is 1. The molecule has 1 N–H and O–H groups in total. The van der Waals surface area contributed by atoms with Crippen molar-refractivity contribution in [2.75, 3.05) is 13.1 Å². The number of benzene rings is 2. The number of amides is 1. The number of ether oxygens (including phenoxy) is 1. The van der Waals surface area contributed by atoms with E-state index in [2.05, 4.69) is 21.3 Å². The quantitative estimate of drug-likeness (QED) is 0.519. The van der Waals surface area contributed by atoms with Gasteiger partial charge in [-0.1, -0.05) is 25.1 Å². The van der Waals surface area contributed by atoms with Gasteiger partial charge in [-0.25, -0.2) is 4.39 Å². The summed E-state index contributed by atoms with van der Waals surface area (Å²) in [5.74, 6) is 0.343. The summed E-state index contributed by atoms with van der Waals surface area (Å²) >= 11 is 0. The van der Waals surface area contributed by atoms with E-state index in [1.807, 2.05) is 37.4 Å². The van der Waals surface area contributed by atoms with E-state index >= 15 is 0 Å². The van der Waals surface area contributed by atoms with Crippen LogP contribution in [0.4, 0.5) is 4.39 Å². The normalized spacial score (nSPS) is 15.7. The molecular formula is C27H30FN3O2. The van der Waals surface area contributed by atoms with Crippen molar-refractivity contribution in [3.8, 4) is 5.75 Å². The number of hydrogen-bond donors (Lipinski definition) is 1. The number of aromatic nitrogens is 1. The zero-order valence-electron chi connectivity index (χ0n) is 18.9. The number of rotatable bonds is 8. The second-order valence-corrected chi connectivity index (χ2v) is 8.42. The molecule has 0 radical (unpaired) electrons. The van der Waals surface area contributed by atoms with Crippen molar-refractivity contribution in [2.45, 2.75) is 44.9 Å². The topological polar surface area (TPSA) is 54.5 Å². The third-order valence-corrected chi connectivity index (χ3v) is 6.05. The first-order chi connectivity index (χ1) is 16.1. The molecule has 1 aromatic heterocycles. The van der Waals surface area contributed by atoms with Gasteiger partial charge in [0, 0.05) is 31.4 Å². The minimum atomic E-state index is -0.283. The van der Waals surface area contributed by atoms with Crippen LogP contribution in [0, 0.1) is 5.82 Å². The molecule has 0 saturated carbocycles. The summed E-state index contributed by atoms with van der Waals surface area (Å²) < 4.78 is 19.4. The van der Waals surface area contributed by atoms with Gasteiger partial charge in [0.2, 0.25) is 0 Å². The van der Waals surface area contributed by atoms with Gasteiger partial charge in [0.05, 0.1) is 11.7 Å². The number of piperidine rings is 1. The van der Waals surface area contributed by atoms with Gasteiger partial charge in [-0.15, -0.1) is 0 Å². The zero-order valence-corrected chi connectivity index (χ0v) is 18.9. The lowest BCUT2D eigenvalue weighted by molar-refractivity contribution is 0.0933. The Morgan fingerprint density at radius 3 is 2.45 bits per heavy atom. The third kappa shape index (κ3) is 6.39. The maximum Gasteiger partial charge on any atom is 0.251 e. The summed E-state index contributed by atoms with van der Waals surface area (Å²) in [5, 5.41) is 3.03. The maximum absolute atomic E-state index is 13.2. The molecule has 0 spiro atoms. The Morgan fingerprint density at radius 2 is 1.82 bits per heavy atom. The molecule has 1 aliphatic rings. The third-order valence-electron chi connectivity index (χ3n) is 6.05. The largest absolute Gasteiger partial charge is 0.490 e. The van der Waals surface area contributed by atoms with Crippen molar-refractivity contribution < 1.29 is 13.9 Å². The molecule has 1 saturated heterocycles. The predicted octanol–water partition coefficient (Wildman–Crippen LogP) is 5.15. The number of halogens is 1. The van der Waals surface area contributed by atoms with E-state index in [1.54, 1.807) is 24.3 Å². The van der Waals surface area contributed by atoms with Crippen LogP contribution in [0.1, 0.15) is 53.8 Å². The molecular weight excluding hydrogens is 417 g/mol. The fourth-order valence-corrected chi connectivity index (χ4v) is 4.14. The number of pyridine rings is 1. The van der Waals surface area contributed by atoms with Crippen LogP contribution in [-0.2, 0) is 6.54 Å². The summed E-state index contributed by atoms with van der Waals surface area (Å²) in [6.07, 6.45) is 4.65. The number of nitrogens with one attached hydrogen (secondary N) is 1. The van der Waals surface area contributed by atoms with Crippen LogP contribution in [0.15, 0.2) is 72.9 Å². The molecule has 0 aliphatic carbocycles. The average Bonchev–Trinajstić information content (AvgIpc) is 2.85. The van der Waals surface area contributed by atoms with E-state index in [1.165, 1.54) is 12.1 Å². The van der Waals surface area contributed by atoms with Crippen molar-refractivity contribution in [3.05, 3.63) is 95.6 Å². The fraction of sp³-hybridized carbons (Fsp3) is 0.333. The summed E-state index contributed by atoms with van der Waals surface area (Å²) in [7, 11) is 0. The van der Waals surface area contributed by atoms with Gasteiger partial charge in [-0.2, -0.15) is 0 Å². The van der Waals surface area contributed by atoms with Gasteiger partial charge in [0.1, 0.15) is 17.7 Å². The minimum absolute atomic E-state index is 0.152. The van der Waals surface area contributed by atoms with Crippen molar-refractivity contribution >= 4 is 5.91 Å². The average molecular weight is 448 g/mol. The van der Waals surface area contributed by atoms with Crippen LogP contribution in [-0.4, -0.2) is 35.0 Å². The van der Waals surface area contributed by atoms with Crippen LogP contribution in [0.25, 0.3) is 0 Å². The van der Waals surface area contributed by atoms with Gasteiger partial charge in [-0.05, 0) is 73.4 Å². The van der Waals surface area contributed by atoms with Gasteiger partial charge >= 0.3 is 0 Å². The minimum Gasteiger partial charge on any atom is -0.490 e. The Balaban J connectivity index is 1.26. The van der Waals surface area contributed by atoms with Crippen LogP contribution in [0.2, 0.25) is 0 Å². The Hall–Kier alpha value is -3.25. The van der Waals surface area contributed by atoms with E-state index in [4.69, 9.17) is 4.74 Å². The van der Waals surface area contributed by atoms with Gasteiger partial charge in [-0.3, -0.25) is 14.7 Å². The molecule has 6 heteroatoms. The van der Waals surface area contributed by atoms with Crippen molar-refractivity contribution in [1.82, 2.24) is 15.2 Å². The van der Waals surface area contributed by atoms with Crippen LogP contribution >= 0.6 is 0 Å². The monoisotopic (exact) mass is 447 g/mol. The Bertz CT molecular complexity index is 1020. The molecule has 1 amide bonds. The number of likely N-dealkylation sites (tertiary alicyclic amines) is 1. The van der Waals surface area contributed by atoms with E-state index < -0.39 is 0 Å². The molecule has 2 heterocycles. The Labute approximate surface area is 194 Å². The highest BCUT2D eigenvalue weighted by atomic mass is 19.1. The first-order valence-electron chi connectivity index (χ1n) is 11.6. The molecule has 1 fully saturated rings. The molecule has 1 unspecified atom stereocenters. The molecule has 4 rings (SSSR count). The van der Waals surface area contributed by atoms with Gasteiger partial charge in [0.15, 0.2) is 0 Å². The number of carbonyl (C=O) groups is 1. The Morgan fingerprint density at radius 1 is 1.09 bits per heavy atom. The zero-order chi connectivity index (χ0) is 23.0. The maximum atomic E-state index is 13.2. The van der Waals surface area contributed by atoms with Crippen molar-refractivity contribution in [1.29, 1.82) is 0 Å². The summed E-state index contributed by atoms with van der Waals surface area (Å²) in [6, 6.07) is 19.4. The molecule has 0 bridgehead atoms. The highest BCUT2D eigenvalue weighted by Gasteiger charge is 2.21.